The Bertz CT molecular complexity index is 798. The molecule has 5 heteroatoms. The first kappa shape index (κ1) is 14.1. The van der Waals surface area contributed by atoms with E-state index in [-0.39, 0.29) is 12.3 Å². The molecule has 1 aliphatic rings. The van der Waals surface area contributed by atoms with Gasteiger partial charge in [-0.2, -0.15) is 0 Å². The van der Waals surface area contributed by atoms with E-state index in [1.807, 2.05) is 35.7 Å². The van der Waals surface area contributed by atoms with Gasteiger partial charge in [0.25, 0.3) is 0 Å². The number of rotatable bonds is 4. The lowest BCUT2D eigenvalue weighted by Gasteiger charge is -2.05. The molecule has 0 saturated heterocycles. The molecule has 1 aromatic carbocycles. The zero-order chi connectivity index (χ0) is 15.4. The van der Waals surface area contributed by atoms with E-state index in [1.54, 1.807) is 12.1 Å². The number of carbonyl (C=O) groups excluding carboxylic acids is 1. The van der Waals surface area contributed by atoms with Gasteiger partial charge in [-0.05, 0) is 23.6 Å². The van der Waals surface area contributed by atoms with Crippen molar-refractivity contribution in [3.63, 3.8) is 0 Å². The Balaban J connectivity index is 1.92. The Morgan fingerprint density at radius 1 is 1.32 bits per heavy atom. The maximum absolute atomic E-state index is 11.9. The highest BCUT2D eigenvalue weighted by molar-refractivity contribution is 7.12. The molecule has 4 nitrogen and oxygen atoms in total. The quantitative estimate of drug-likeness (QED) is 0.495. The molecule has 0 unspecified atom stereocenters. The average molecular weight is 309 g/mol. The topological polar surface area (TPSA) is 47.9 Å². The summed E-state index contributed by atoms with van der Waals surface area (Å²) in [6.45, 7) is 0.161. The van der Waals surface area contributed by atoms with E-state index in [9.17, 15) is 4.79 Å². The highest BCUT2D eigenvalue weighted by atomic mass is 32.1. The zero-order valence-corrected chi connectivity index (χ0v) is 12.3. The molecule has 0 bridgehead atoms. The fourth-order valence-electron chi connectivity index (χ4n) is 1.91. The Labute approximate surface area is 131 Å². The van der Waals surface area contributed by atoms with Crippen molar-refractivity contribution in [1.82, 2.24) is 0 Å². The molecule has 0 radical (unpaired) electrons. The molecule has 0 spiro atoms. The van der Waals surface area contributed by atoms with Crippen LogP contribution in [0, 0.1) is 12.3 Å². The van der Waals surface area contributed by atoms with Crippen LogP contribution in [0.4, 0.5) is 0 Å². The van der Waals surface area contributed by atoms with Crippen molar-refractivity contribution in [2.45, 2.75) is 0 Å². The number of aliphatic imine (C=N–C) groups is 1. The minimum atomic E-state index is -0.477. The van der Waals surface area contributed by atoms with Crippen LogP contribution in [0.3, 0.4) is 0 Å². The van der Waals surface area contributed by atoms with Crippen LogP contribution < -0.4 is 4.74 Å². The predicted octanol–water partition coefficient (Wildman–Crippen LogP) is 3.10. The molecule has 2 aromatic rings. The molecule has 108 valence electrons. The normalized spacial score (nSPS) is 15.3. The molecule has 22 heavy (non-hydrogen) atoms. The van der Waals surface area contributed by atoms with E-state index in [2.05, 4.69) is 10.9 Å². The van der Waals surface area contributed by atoms with Gasteiger partial charge in [0.05, 0.1) is 4.88 Å². The fourth-order valence-corrected chi connectivity index (χ4v) is 2.56. The second-order valence-electron chi connectivity index (χ2n) is 4.34. The van der Waals surface area contributed by atoms with E-state index < -0.39 is 5.97 Å². The lowest BCUT2D eigenvalue weighted by molar-refractivity contribution is -0.129. The van der Waals surface area contributed by atoms with E-state index in [4.69, 9.17) is 15.9 Å². The summed E-state index contributed by atoms with van der Waals surface area (Å²) in [5, 5.41) is 1.90. The first-order valence-corrected chi connectivity index (χ1v) is 7.37. The number of hydrogen-bond acceptors (Lipinski definition) is 5. The van der Waals surface area contributed by atoms with Crippen LogP contribution in [0.2, 0.25) is 0 Å². The van der Waals surface area contributed by atoms with Gasteiger partial charge >= 0.3 is 5.97 Å². The summed E-state index contributed by atoms with van der Waals surface area (Å²) >= 11 is 1.46. The summed E-state index contributed by atoms with van der Waals surface area (Å²) in [4.78, 5) is 17.0. The lowest BCUT2D eigenvalue weighted by Crippen LogP contribution is -2.03. The van der Waals surface area contributed by atoms with Crippen LogP contribution in [0.1, 0.15) is 10.4 Å². The van der Waals surface area contributed by atoms with Crippen LogP contribution in [0.15, 0.2) is 52.5 Å². The molecule has 2 heterocycles. The van der Waals surface area contributed by atoms with Crippen LogP contribution >= 0.6 is 11.3 Å². The number of cyclic esters (lactones) is 1. The molecule has 0 amide bonds. The lowest BCUT2D eigenvalue weighted by atomic mass is 10.1. The molecule has 3 rings (SSSR count). The number of nitrogens with zero attached hydrogens (tertiary/aromatic N) is 1. The molecule has 0 fully saturated rings. The molecule has 0 N–H and O–H groups in total. The van der Waals surface area contributed by atoms with Crippen LogP contribution in [0.5, 0.6) is 5.75 Å². The van der Waals surface area contributed by atoms with E-state index in [0.29, 0.717) is 11.6 Å². The largest absolute Gasteiger partial charge is 0.480 e. The third kappa shape index (κ3) is 2.92. The minimum absolute atomic E-state index is 0.161. The predicted molar refractivity (Wildman–Crippen MR) is 85.7 cm³/mol. The third-order valence-corrected chi connectivity index (χ3v) is 3.73. The third-order valence-electron chi connectivity index (χ3n) is 2.87. The number of benzene rings is 1. The van der Waals surface area contributed by atoms with Crippen molar-refractivity contribution in [3.05, 3.63) is 57.9 Å². The number of hydrogen-bond donors (Lipinski definition) is 0. The number of carbonyl (C=O) groups is 1. The van der Waals surface area contributed by atoms with Crippen LogP contribution in [-0.4, -0.2) is 18.5 Å². The van der Waals surface area contributed by atoms with E-state index >= 15 is 0 Å². The van der Waals surface area contributed by atoms with Gasteiger partial charge in [-0.1, -0.05) is 30.2 Å². The summed E-state index contributed by atoms with van der Waals surface area (Å²) in [6.07, 6.45) is 6.83. The molecule has 1 aliphatic heterocycles. The summed E-state index contributed by atoms with van der Waals surface area (Å²) in [5.41, 5.74) is 0.959. The van der Waals surface area contributed by atoms with E-state index in [0.717, 1.165) is 10.4 Å². The van der Waals surface area contributed by atoms with Gasteiger partial charge in [0, 0.05) is 5.56 Å². The molecule has 1 aromatic heterocycles. The highest BCUT2D eigenvalue weighted by Gasteiger charge is 2.25. The van der Waals surface area contributed by atoms with Crippen molar-refractivity contribution >= 4 is 29.3 Å². The monoisotopic (exact) mass is 309 g/mol. The number of esters is 1. The van der Waals surface area contributed by atoms with Crippen LogP contribution in [-0.2, 0) is 9.53 Å². The highest BCUT2D eigenvalue weighted by Crippen LogP contribution is 2.25. The first-order valence-electron chi connectivity index (χ1n) is 6.49. The Morgan fingerprint density at radius 2 is 2.18 bits per heavy atom. The van der Waals surface area contributed by atoms with Crippen molar-refractivity contribution in [2.75, 3.05) is 6.61 Å². The fraction of sp³-hybridized carbons (Fsp3) is 0.0588. The molecular formula is C17H11NO3S. The molecule has 0 aliphatic carbocycles. The number of ether oxygens (including phenoxy) is 2. The van der Waals surface area contributed by atoms with Gasteiger partial charge in [-0.3, -0.25) is 0 Å². The molecule has 0 atom stereocenters. The van der Waals surface area contributed by atoms with Crippen molar-refractivity contribution in [2.24, 2.45) is 4.99 Å². The van der Waals surface area contributed by atoms with E-state index in [1.165, 1.54) is 11.3 Å². The Hall–Kier alpha value is -2.84. The summed E-state index contributed by atoms with van der Waals surface area (Å²) in [7, 11) is 0. The summed E-state index contributed by atoms with van der Waals surface area (Å²) < 4.78 is 10.6. The number of terminal acetylenes is 1. The van der Waals surface area contributed by atoms with Gasteiger partial charge in [0.15, 0.2) is 5.70 Å². The van der Waals surface area contributed by atoms with Gasteiger partial charge < -0.3 is 9.47 Å². The summed E-state index contributed by atoms with van der Waals surface area (Å²) in [6, 6.07) is 11.0. The van der Waals surface area contributed by atoms with Gasteiger partial charge in [-0.25, -0.2) is 9.79 Å². The SMILES string of the molecule is C#CCOc1ccccc1/C=C1/N=C(c2cccs2)OC1=O. The Morgan fingerprint density at radius 3 is 2.95 bits per heavy atom. The second kappa shape index (κ2) is 6.29. The van der Waals surface area contributed by atoms with Crippen LogP contribution in [0.25, 0.3) is 6.08 Å². The van der Waals surface area contributed by atoms with Crippen molar-refractivity contribution in [3.8, 4) is 18.1 Å². The average Bonchev–Trinajstić information content (AvgIpc) is 3.17. The number of para-hydroxylation sites is 1. The zero-order valence-electron chi connectivity index (χ0n) is 11.5. The van der Waals surface area contributed by atoms with Crippen molar-refractivity contribution < 1.29 is 14.3 Å². The summed E-state index contributed by atoms with van der Waals surface area (Å²) in [5.74, 6) is 2.86. The number of thiophene rings is 1. The molecule has 0 saturated carbocycles. The van der Waals surface area contributed by atoms with Gasteiger partial charge in [0.2, 0.25) is 5.90 Å². The maximum atomic E-state index is 11.9. The Kier molecular flexibility index (Phi) is 4.03. The van der Waals surface area contributed by atoms with Gasteiger partial charge in [-0.15, -0.1) is 17.8 Å². The van der Waals surface area contributed by atoms with Crippen molar-refractivity contribution in [1.29, 1.82) is 0 Å². The maximum Gasteiger partial charge on any atom is 0.363 e. The smallest absolute Gasteiger partial charge is 0.363 e. The minimum Gasteiger partial charge on any atom is -0.480 e. The second-order valence-corrected chi connectivity index (χ2v) is 5.29. The standard InChI is InChI=1S/C17H11NO3S/c1-2-9-20-14-7-4-3-6-12(14)11-13-17(19)21-16(18-13)15-8-5-10-22-15/h1,3-8,10-11H,9H2/b13-11+. The first-order chi connectivity index (χ1) is 10.8. The van der Waals surface area contributed by atoms with Gasteiger partial charge in [0.1, 0.15) is 12.4 Å². The molecular weight excluding hydrogens is 298 g/mol.